The van der Waals surface area contributed by atoms with Crippen LogP contribution in [0.1, 0.15) is 55.4 Å². The van der Waals surface area contributed by atoms with E-state index in [0.29, 0.717) is 5.69 Å². The van der Waals surface area contributed by atoms with Gasteiger partial charge < -0.3 is 9.80 Å². The Labute approximate surface area is 182 Å². The summed E-state index contributed by atoms with van der Waals surface area (Å²) in [6.07, 6.45) is 4.57. The average Bonchev–Trinajstić information content (AvgIpc) is 2.91. The summed E-state index contributed by atoms with van der Waals surface area (Å²) >= 11 is 0. The highest BCUT2D eigenvalue weighted by atomic mass is 19.4. The lowest BCUT2D eigenvalue weighted by Crippen LogP contribution is -2.55. The van der Waals surface area contributed by atoms with Crippen molar-refractivity contribution in [1.29, 1.82) is 0 Å². The minimum Gasteiger partial charge on any atom is -0.372 e. The highest BCUT2D eigenvalue weighted by molar-refractivity contribution is 5.74. The van der Waals surface area contributed by atoms with E-state index in [-0.39, 0.29) is 5.41 Å². The minimum absolute atomic E-state index is 0.323. The van der Waals surface area contributed by atoms with Crippen LogP contribution in [0.15, 0.2) is 42.5 Å². The van der Waals surface area contributed by atoms with Crippen LogP contribution in [0.25, 0.3) is 6.08 Å². The highest BCUT2D eigenvalue weighted by Crippen LogP contribution is 2.55. The summed E-state index contributed by atoms with van der Waals surface area (Å²) in [7, 11) is 1.94. The molecule has 31 heavy (non-hydrogen) atoms. The fourth-order valence-electron chi connectivity index (χ4n) is 5.87. The molecule has 5 rings (SSSR count). The molecule has 0 N–H and O–H groups in total. The molecule has 1 fully saturated rings. The van der Waals surface area contributed by atoms with Crippen LogP contribution < -0.4 is 9.80 Å². The van der Waals surface area contributed by atoms with Gasteiger partial charge in [0.05, 0.1) is 11.1 Å². The van der Waals surface area contributed by atoms with Crippen molar-refractivity contribution >= 4 is 17.5 Å². The van der Waals surface area contributed by atoms with Crippen LogP contribution in [0, 0.1) is 0 Å². The van der Waals surface area contributed by atoms with E-state index in [9.17, 15) is 13.2 Å². The molecule has 0 amide bonds. The molecule has 0 aromatic heterocycles. The van der Waals surface area contributed by atoms with Gasteiger partial charge in [-0.3, -0.25) is 0 Å². The summed E-state index contributed by atoms with van der Waals surface area (Å²) in [5.74, 6) is 0. The van der Waals surface area contributed by atoms with Gasteiger partial charge in [-0.15, -0.1) is 0 Å². The normalized spacial score (nSPS) is 24.5. The molecule has 2 aromatic rings. The van der Waals surface area contributed by atoms with Gasteiger partial charge in [0.1, 0.15) is 0 Å². The number of likely N-dealkylation sites (N-methyl/N-ethyl adjacent to an activating group) is 1. The van der Waals surface area contributed by atoms with Gasteiger partial charge in [-0.2, -0.15) is 13.2 Å². The van der Waals surface area contributed by atoms with E-state index in [2.05, 4.69) is 54.0 Å². The van der Waals surface area contributed by atoms with E-state index in [4.69, 9.17) is 0 Å². The van der Waals surface area contributed by atoms with Crippen molar-refractivity contribution in [2.24, 2.45) is 0 Å². The first kappa shape index (κ1) is 20.5. The fourth-order valence-corrected chi connectivity index (χ4v) is 5.87. The Hall–Kier alpha value is -2.43. The van der Waals surface area contributed by atoms with E-state index in [1.54, 1.807) is 6.07 Å². The lowest BCUT2D eigenvalue weighted by Gasteiger charge is -2.47. The maximum absolute atomic E-state index is 13.4. The Kier molecular flexibility index (Phi) is 4.48. The zero-order valence-electron chi connectivity index (χ0n) is 18.4. The summed E-state index contributed by atoms with van der Waals surface area (Å²) < 4.78 is 40.2. The fraction of sp³-hybridized carbons (Fsp3) is 0.462. The van der Waals surface area contributed by atoms with Crippen molar-refractivity contribution in [3.8, 4) is 0 Å². The van der Waals surface area contributed by atoms with Crippen LogP contribution in [-0.4, -0.2) is 25.7 Å². The number of piperidine rings is 1. The first-order chi connectivity index (χ1) is 14.6. The van der Waals surface area contributed by atoms with Gasteiger partial charge in [-0.25, -0.2) is 0 Å². The van der Waals surface area contributed by atoms with Gasteiger partial charge in [0.2, 0.25) is 0 Å². The molecule has 3 aliphatic rings. The number of benzene rings is 2. The molecule has 2 heterocycles. The smallest absolute Gasteiger partial charge is 0.372 e. The van der Waals surface area contributed by atoms with Crippen LogP contribution >= 0.6 is 0 Å². The van der Waals surface area contributed by atoms with Crippen molar-refractivity contribution in [3.63, 3.8) is 0 Å². The van der Waals surface area contributed by atoms with Gasteiger partial charge in [-0.1, -0.05) is 38.1 Å². The van der Waals surface area contributed by atoms with E-state index < -0.39 is 17.3 Å². The van der Waals surface area contributed by atoms with Crippen LogP contribution in [0.3, 0.4) is 0 Å². The molecule has 1 saturated heterocycles. The zero-order valence-corrected chi connectivity index (χ0v) is 18.4. The van der Waals surface area contributed by atoms with Crippen LogP contribution in [0.5, 0.6) is 0 Å². The monoisotopic (exact) mass is 426 g/mol. The lowest BCUT2D eigenvalue weighted by atomic mass is 9.65. The number of fused-ring (bicyclic) bond motifs is 2. The number of halogens is 3. The van der Waals surface area contributed by atoms with Gasteiger partial charge in [-0.05, 0) is 60.2 Å². The van der Waals surface area contributed by atoms with E-state index in [1.165, 1.54) is 48.2 Å². The first-order valence-corrected chi connectivity index (χ1v) is 11.2. The van der Waals surface area contributed by atoms with Gasteiger partial charge >= 0.3 is 6.18 Å². The van der Waals surface area contributed by atoms with Crippen molar-refractivity contribution in [2.45, 2.75) is 56.7 Å². The summed E-state index contributed by atoms with van der Waals surface area (Å²) in [6, 6.07) is 10.9. The van der Waals surface area contributed by atoms with Gasteiger partial charge in [0, 0.05) is 43.3 Å². The molecule has 2 nitrogen and oxygen atoms in total. The van der Waals surface area contributed by atoms with Crippen LogP contribution in [0.4, 0.5) is 24.5 Å². The predicted molar refractivity (Wildman–Crippen MR) is 121 cm³/mol. The number of nitrogens with zero attached hydrogens (tertiary/aromatic N) is 2. The standard InChI is InChI=1S/C26H29F3N2/c1-24(2)22-10-8-20(26(27,28)29)16-23(22)30(3)25(24)12-11-18-7-9-21(15-19(18)17-25)31-13-5-4-6-14-31/h7-12,15-16H,4-6,13-14,17H2,1-3H3. The molecule has 2 aromatic carbocycles. The molecule has 1 unspecified atom stereocenters. The highest BCUT2D eigenvalue weighted by Gasteiger charge is 2.55. The Bertz CT molecular complexity index is 1050. The van der Waals surface area contributed by atoms with Gasteiger partial charge in [0.25, 0.3) is 0 Å². The van der Waals surface area contributed by atoms with E-state index >= 15 is 0 Å². The topological polar surface area (TPSA) is 6.48 Å². The molecule has 1 spiro atoms. The van der Waals surface area contributed by atoms with Crippen molar-refractivity contribution in [1.82, 2.24) is 0 Å². The first-order valence-electron chi connectivity index (χ1n) is 11.2. The van der Waals surface area contributed by atoms with Crippen molar-refractivity contribution < 1.29 is 13.2 Å². The molecule has 2 aliphatic heterocycles. The number of hydrogen-bond acceptors (Lipinski definition) is 2. The second kappa shape index (κ2) is 6.78. The average molecular weight is 427 g/mol. The molecule has 0 saturated carbocycles. The summed E-state index contributed by atoms with van der Waals surface area (Å²) in [5.41, 5.74) is 4.10. The lowest BCUT2D eigenvalue weighted by molar-refractivity contribution is -0.137. The maximum atomic E-state index is 13.4. The Morgan fingerprint density at radius 2 is 1.68 bits per heavy atom. The maximum Gasteiger partial charge on any atom is 0.416 e. The molecule has 0 radical (unpaired) electrons. The molecule has 164 valence electrons. The molecule has 1 aliphatic carbocycles. The second-order valence-electron chi connectivity index (χ2n) is 9.78. The predicted octanol–water partition coefficient (Wildman–Crippen LogP) is 6.43. The second-order valence-corrected chi connectivity index (χ2v) is 9.78. The third-order valence-electron chi connectivity index (χ3n) is 7.89. The third-order valence-corrected chi connectivity index (χ3v) is 7.89. The van der Waals surface area contributed by atoms with E-state index in [0.717, 1.165) is 25.1 Å². The molecule has 5 heteroatoms. The minimum atomic E-state index is -4.34. The van der Waals surface area contributed by atoms with Crippen molar-refractivity contribution in [2.75, 3.05) is 29.9 Å². The zero-order chi connectivity index (χ0) is 22.0. The van der Waals surface area contributed by atoms with Crippen LogP contribution in [0.2, 0.25) is 0 Å². The SMILES string of the molecule is CN1c2cc(C(F)(F)F)ccc2C(C)(C)C12C=Cc1ccc(N3CCCCC3)cc1C2. The van der Waals surface area contributed by atoms with Gasteiger partial charge in [0.15, 0.2) is 0 Å². The Balaban J connectivity index is 1.55. The molecular weight excluding hydrogens is 397 g/mol. The summed E-state index contributed by atoms with van der Waals surface area (Å²) in [4.78, 5) is 4.53. The largest absolute Gasteiger partial charge is 0.416 e. The quantitative estimate of drug-likeness (QED) is 0.518. The Morgan fingerprint density at radius 1 is 0.935 bits per heavy atom. The molecule has 0 bridgehead atoms. The summed E-state index contributed by atoms with van der Waals surface area (Å²) in [5, 5.41) is 0. The Morgan fingerprint density at radius 3 is 2.39 bits per heavy atom. The number of hydrogen-bond donors (Lipinski definition) is 0. The number of rotatable bonds is 1. The summed E-state index contributed by atoms with van der Waals surface area (Å²) in [6.45, 7) is 6.51. The van der Waals surface area contributed by atoms with Crippen LogP contribution in [-0.2, 0) is 18.0 Å². The number of alkyl halides is 3. The van der Waals surface area contributed by atoms with E-state index in [1.807, 2.05) is 7.05 Å². The molecule has 1 atom stereocenters. The number of anilines is 2. The molecular formula is C26H29F3N2. The van der Waals surface area contributed by atoms with Crippen molar-refractivity contribution in [3.05, 3.63) is 64.7 Å². The third kappa shape index (κ3) is 3.00.